The molecule has 0 saturated carbocycles. The highest BCUT2D eigenvalue weighted by molar-refractivity contribution is 5.90. The molecule has 1 aromatic carbocycles. The third-order valence-corrected chi connectivity index (χ3v) is 4.89. The summed E-state index contributed by atoms with van der Waals surface area (Å²) in [5.74, 6) is -3.05. The molecule has 2 aliphatic heterocycles. The minimum Gasteiger partial charge on any atom is -0.444 e. The van der Waals surface area contributed by atoms with E-state index < -0.39 is 42.5 Å². The maximum absolute atomic E-state index is 14.7. The Labute approximate surface area is 169 Å². The Hall–Kier alpha value is -2.89. The third kappa shape index (κ3) is 4.81. The van der Waals surface area contributed by atoms with Crippen molar-refractivity contribution in [1.29, 1.82) is 0 Å². The van der Waals surface area contributed by atoms with E-state index in [2.05, 4.69) is 5.43 Å². The monoisotopic (exact) mass is 432 g/mol. The number of carbonyl (C=O) groups is 3. The van der Waals surface area contributed by atoms with Crippen LogP contribution in [-0.4, -0.2) is 68.5 Å². The zero-order valence-corrected chi connectivity index (χ0v) is 15.8. The lowest BCUT2D eigenvalue weighted by atomic mass is 10.1. The number of nitrogens with one attached hydrogen (secondary N) is 1. The maximum Gasteiger partial charge on any atom is 0.414 e. The molecule has 0 unspecified atom stereocenters. The number of anilines is 2. The third-order valence-electron chi connectivity index (χ3n) is 4.89. The second-order valence-corrected chi connectivity index (χ2v) is 6.87. The fourth-order valence-electron chi connectivity index (χ4n) is 3.37. The summed E-state index contributed by atoms with van der Waals surface area (Å²) in [6, 6.07) is 1.98. The number of alkyl halides is 2. The second kappa shape index (κ2) is 9.28. The molecule has 1 atom stereocenters. The molecule has 1 aromatic rings. The van der Waals surface area contributed by atoms with Crippen LogP contribution in [0, 0.1) is 11.6 Å². The van der Waals surface area contributed by atoms with E-state index in [9.17, 15) is 31.9 Å². The highest BCUT2D eigenvalue weighted by Crippen LogP contribution is 2.31. The van der Waals surface area contributed by atoms with Gasteiger partial charge in [-0.05, 0) is 6.42 Å². The van der Waals surface area contributed by atoms with Crippen molar-refractivity contribution in [2.75, 3.05) is 42.5 Å². The standard InChI is InChI=1S/C18H20F4N4O4/c19-13-7-11(26-9-12(30-18(26)29)1-2-15(28)17(21)22)8-14(20)16(13)24-4-3-23-25(10-27)6-5-24/h7-8,10,12,17,23H,1-6,9H2/t12-/m0/s1. The molecule has 1 N–H and O–H groups in total. The zero-order chi connectivity index (χ0) is 21.8. The van der Waals surface area contributed by atoms with Crippen molar-refractivity contribution in [1.82, 2.24) is 10.4 Å². The topological polar surface area (TPSA) is 82.2 Å². The quantitative estimate of drug-likeness (QED) is 0.522. The number of cyclic esters (lactones) is 1. The highest BCUT2D eigenvalue weighted by atomic mass is 19.3. The van der Waals surface area contributed by atoms with E-state index in [1.165, 1.54) is 9.91 Å². The van der Waals surface area contributed by atoms with Gasteiger partial charge in [-0.15, -0.1) is 0 Å². The minimum absolute atomic E-state index is 0.0797. The number of Topliss-reactive ketones (excluding diaryl/α,β-unsaturated/α-hetero) is 1. The summed E-state index contributed by atoms with van der Waals surface area (Å²) in [5.41, 5.74) is 2.44. The summed E-state index contributed by atoms with van der Waals surface area (Å²) in [7, 11) is 0. The number of halogens is 4. The van der Waals surface area contributed by atoms with Crippen LogP contribution >= 0.6 is 0 Å². The summed E-state index contributed by atoms with van der Waals surface area (Å²) in [4.78, 5) is 36.4. The fourth-order valence-corrected chi connectivity index (χ4v) is 3.37. The van der Waals surface area contributed by atoms with E-state index in [1.807, 2.05) is 0 Å². The van der Waals surface area contributed by atoms with E-state index in [4.69, 9.17) is 4.74 Å². The minimum atomic E-state index is -3.10. The fraction of sp³-hybridized carbons (Fsp3) is 0.500. The summed E-state index contributed by atoms with van der Waals surface area (Å²) >= 11 is 0. The lowest BCUT2D eigenvalue weighted by Gasteiger charge is -2.24. The second-order valence-electron chi connectivity index (χ2n) is 6.87. The molecule has 0 aromatic heterocycles. The van der Waals surface area contributed by atoms with Crippen LogP contribution in [0.1, 0.15) is 12.8 Å². The predicted molar refractivity (Wildman–Crippen MR) is 97.2 cm³/mol. The van der Waals surface area contributed by atoms with Crippen LogP contribution in [0.15, 0.2) is 12.1 Å². The number of ether oxygens (including phenoxy) is 1. The molecule has 0 bridgehead atoms. The Morgan fingerprint density at radius 2 is 1.93 bits per heavy atom. The number of ketones is 1. The molecule has 8 nitrogen and oxygen atoms in total. The molecule has 30 heavy (non-hydrogen) atoms. The molecular weight excluding hydrogens is 412 g/mol. The average molecular weight is 432 g/mol. The van der Waals surface area contributed by atoms with Crippen molar-refractivity contribution in [3.63, 3.8) is 0 Å². The summed E-state index contributed by atoms with van der Waals surface area (Å²) < 4.78 is 59.1. The van der Waals surface area contributed by atoms with Gasteiger partial charge in [-0.25, -0.2) is 27.8 Å². The highest BCUT2D eigenvalue weighted by Gasteiger charge is 2.34. The molecule has 2 aliphatic rings. The van der Waals surface area contributed by atoms with Crippen LogP contribution in [0.3, 0.4) is 0 Å². The molecule has 2 amide bonds. The van der Waals surface area contributed by atoms with E-state index in [-0.39, 0.29) is 44.0 Å². The number of hydrogen-bond donors (Lipinski definition) is 1. The number of amides is 2. The summed E-state index contributed by atoms with van der Waals surface area (Å²) in [6.07, 6.45) is -4.80. The Morgan fingerprint density at radius 3 is 2.57 bits per heavy atom. The van der Waals surface area contributed by atoms with Crippen molar-refractivity contribution in [3.8, 4) is 0 Å². The van der Waals surface area contributed by atoms with Gasteiger partial charge in [-0.1, -0.05) is 0 Å². The molecule has 3 rings (SSSR count). The lowest BCUT2D eigenvalue weighted by molar-refractivity contribution is -0.130. The van der Waals surface area contributed by atoms with Gasteiger partial charge >= 0.3 is 6.09 Å². The Bertz CT molecular complexity index is 802. The molecule has 2 saturated heterocycles. The smallest absolute Gasteiger partial charge is 0.414 e. The molecule has 0 aliphatic carbocycles. The lowest BCUT2D eigenvalue weighted by Crippen LogP contribution is -2.37. The van der Waals surface area contributed by atoms with Gasteiger partial charge in [-0.2, -0.15) is 0 Å². The molecular formula is C18H20F4N4O4. The van der Waals surface area contributed by atoms with E-state index in [0.29, 0.717) is 13.0 Å². The Kier molecular flexibility index (Phi) is 6.75. The number of hydrazine groups is 1. The number of carbonyl (C=O) groups excluding carboxylic acids is 3. The van der Waals surface area contributed by atoms with Gasteiger partial charge in [0.2, 0.25) is 6.41 Å². The normalized spacial score (nSPS) is 19.8. The van der Waals surface area contributed by atoms with Crippen LogP contribution < -0.4 is 15.2 Å². The molecule has 0 spiro atoms. The number of rotatable bonds is 7. The van der Waals surface area contributed by atoms with Gasteiger partial charge in [0.1, 0.15) is 11.8 Å². The predicted octanol–water partition coefficient (Wildman–Crippen LogP) is 1.69. The van der Waals surface area contributed by atoms with Gasteiger partial charge in [0.15, 0.2) is 17.4 Å². The molecule has 12 heteroatoms. The van der Waals surface area contributed by atoms with Crippen LogP contribution in [-0.2, 0) is 14.3 Å². The number of benzene rings is 1. The van der Waals surface area contributed by atoms with Crippen LogP contribution in [0.2, 0.25) is 0 Å². The maximum atomic E-state index is 14.7. The first-order valence-electron chi connectivity index (χ1n) is 9.28. The largest absolute Gasteiger partial charge is 0.444 e. The van der Waals surface area contributed by atoms with Crippen LogP contribution in [0.5, 0.6) is 0 Å². The molecule has 2 heterocycles. The SMILES string of the molecule is O=CN1CCN(c2c(F)cc(N3C[C@H](CCC(=O)C(F)F)OC3=O)cc2F)CCN1. The molecule has 164 valence electrons. The first-order chi connectivity index (χ1) is 14.3. The van der Waals surface area contributed by atoms with Gasteiger partial charge < -0.3 is 9.64 Å². The average Bonchev–Trinajstić information content (AvgIpc) is 2.91. The van der Waals surface area contributed by atoms with Gasteiger partial charge in [-0.3, -0.25) is 19.5 Å². The van der Waals surface area contributed by atoms with E-state index in [0.717, 1.165) is 17.0 Å². The first-order valence-corrected chi connectivity index (χ1v) is 9.28. The van der Waals surface area contributed by atoms with Crippen molar-refractivity contribution in [3.05, 3.63) is 23.8 Å². The van der Waals surface area contributed by atoms with Crippen molar-refractivity contribution >= 4 is 29.7 Å². The molecule has 0 radical (unpaired) electrons. The number of hydrogen-bond acceptors (Lipinski definition) is 6. The van der Waals surface area contributed by atoms with E-state index in [1.54, 1.807) is 0 Å². The number of nitrogens with zero attached hydrogens (tertiary/aromatic N) is 3. The van der Waals surface area contributed by atoms with Gasteiger partial charge in [0.25, 0.3) is 6.43 Å². The van der Waals surface area contributed by atoms with Crippen LogP contribution in [0.25, 0.3) is 0 Å². The Balaban J connectivity index is 1.71. The van der Waals surface area contributed by atoms with E-state index >= 15 is 0 Å². The zero-order valence-electron chi connectivity index (χ0n) is 15.8. The van der Waals surface area contributed by atoms with Crippen LogP contribution in [0.4, 0.5) is 33.7 Å². The van der Waals surface area contributed by atoms with Crippen molar-refractivity contribution < 1.29 is 36.7 Å². The van der Waals surface area contributed by atoms with Gasteiger partial charge in [0.05, 0.1) is 18.8 Å². The summed E-state index contributed by atoms with van der Waals surface area (Å²) in [5, 5.41) is 1.28. The van der Waals surface area contributed by atoms with Crippen molar-refractivity contribution in [2.45, 2.75) is 25.4 Å². The molecule has 2 fully saturated rings. The van der Waals surface area contributed by atoms with Crippen molar-refractivity contribution in [2.24, 2.45) is 0 Å². The van der Waals surface area contributed by atoms with Gasteiger partial charge in [0, 0.05) is 38.2 Å². The first kappa shape index (κ1) is 21.8. The Morgan fingerprint density at radius 1 is 1.23 bits per heavy atom. The summed E-state index contributed by atoms with van der Waals surface area (Å²) in [6.45, 7) is 0.863.